The van der Waals surface area contributed by atoms with E-state index in [0.717, 1.165) is 50.5 Å². The maximum atomic E-state index is 12.6. The van der Waals surface area contributed by atoms with Crippen LogP contribution in [-0.4, -0.2) is 23.2 Å². The normalized spacial score (nSPS) is 28.4. The van der Waals surface area contributed by atoms with E-state index in [1.807, 2.05) is 30.3 Å². The zero-order valence-electron chi connectivity index (χ0n) is 11.8. The average molecular weight is 273 g/mol. The second kappa shape index (κ2) is 5.57. The predicted molar refractivity (Wildman–Crippen MR) is 78.4 cm³/mol. The van der Waals surface area contributed by atoms with Crippen LogP contribution in [0.3, 0.4) is 0 Å². The van der Waals surface area contributed by atoms with Crippen LogP contribution < -0.4 is 5.32 Å². The highest BCUT2D eigenvalue weighted by atomic mass is 16.3. The summed E-state index contributed by atoms with van der Waals surface area (Å²) in [5, 5.41) is 13.3. The van der Waals surface area contributed by atoms with Gasteiger partial charge in [-0.1, -0.05) is 49.6 Å². The van der Waals surface area contributed by atoms with Gasteiger partial charge in [0.2, 0.25) is 5.91 Å². The van der Waals surface area contributed by atoms with E-state index in [0.29, 0.717) is 0 Å². The number of nitrogens with one attached hydrogen (secondary N) is 1. The summed E-state index contributed by atoms with van der Waals surface area (Å²) in [6, 6.07) is 9.97. The van der Waals surface area contributed by atoms with Crippen molar-refractivity contribution in [3.8, 4) is 0 Å². The van der Waals surface area contributed by atoms with Crippen molar-refractivity contribution >= 4 is 5.91 Å². The lowest BCUT2D eigenvalue weighted by molar-refractivity contribution is -0.125. The molecule has 0 radical (unpaired) electrons. The Bertz CT molecular complexity index is 467. The van der Waals surface area contributed by atoms with E-state index in [2.05, 4.69) is 5.32 Å². The monoisotopic (exact) mass is 273 g/mol. The van der Waals surface area contributed by atoms with Gasteiger partial charge in [-0.15, -0.1) is 0 Å². The molecule has 0 spiro atoms. The standard InChI is InChI=1S/C17H23NO2/c19-15-10-6-2-5-9-14(15)18-16(20)17(11-12-17)13-7-3-1-4-8-13/h1,3-4,7-8,14-15,19H,2,5-6,9-12H2,(H,18,20). The number of aliphatic hydroxyl groups excluding tert-OH is 1. The van der Waals surface area contributed by atoms with E-state index in [-0.39, 0.29) is 23.5 Å². The van der Waals surface area contributed by atoms with Gasteiger partial charge >= 0.3 is 0 Å². The first-order chi connectivity index (χ1) is 9.72. The third-order valence-corrected chi connectivity index (χ3v) is 4.81. The van der Waals surface area contributed by atoms with Crippen LogP contribution in [0.4, 0.5) is 0 Å². The molecule has 1 amide bonds. The van der Waals surface area contributed by atoms with Gasteiger partial charge < -0.3 is 10.4 Å². The molecule has 2 atom stereocenters. The zero-order chi connectivity index (χ0) is 14.0. The van der Waals surface area contributed by atoms with Crippen LogP contribution in [-0.2, 0) is 10.2 Å². The molecule has 2 saturated carbocycles. The fourth-order valence-electron chi connectivity index (χ4n) is 3.29. The van der Waals surface area contributed by atoms with Crippen LogP contribution in [0.25, 0.3) is 0 Å². The number of amides is 1. The maximum Gasteiger partial charge on any atom is 0.230 e. The summed E-state index contributed by atoms with van der Waals surface area (Å²) >= 11 is 0. The lowest BCUT2D eigenvalue weighted by Gasteiger charge is -2.25. The molecule has 2 aliphatic rings. The number of aliphatic hydroxyl groups is 1. The molecular formula is C17H23NO2. The van der Waals surface area contributed by atoms with Crippen LogP contribution >= 0.6 is 0 Å². The largest absolute Gasteiger partial charge is 0.391 e. The van der Waals surface area contributed by atoms with Gasteiger partial charge in [-0.2, -0.15) is 0 Å². The smallest absolute Gasteiger partial charge is 0.230 e. The molecule has 2 N–H and O–H groups in total. The van der Waals surface area contributed by atoms with Crippen LogP contribution in [0.2, 0.25) is 0 Å². The number of rotatable bonds is 3. The summed E-state index contributed by atoms with van der Waals surface area (Å²) in [5.74, 6) is 0.106. The van der Waals surface area contributed by atoms with E-state index in [4.69, 9.17) is 0 Å². The molecule has 0 bridgehead atoms. The van der Waals surface area contributed by atoms with Crippen molar-refractivity contribution < 1.29 is 9.90 Å². The first kappa shape index (κ1) is 13.6. The number of carbonyl (C=O) groups is 1. The van der Waals surface area contributed by atoms with Crippen molar-refractivity contribution in [1.82, 2.24) is 5.32 Å². The van der Waals surface area contributed by atoms with Gasteiger partial charge in [-0.25, -0.2) is 0 Å². The number of benzene rings is 1. The Morgan fingerprint density at radius 2 is 1.80 bits per heavy atom. The summed E-state index contributed by atoms with van der Waals surface area (Å²) < 4.78 is 0. The van der Waals surface area contributed by atoms with E-state index in [9.17, 15) is 9.90 Å². The molecule has 1 aromatic carbocycles. The molecule has 108 valence electrons. The van der Waals surface area contributed by atoms with Crippen molar-refractivity contribution in [2.45, 2.75) is 62.5 Å². The van der Waals surface area contributed by atoms with Crippen LogP contribution in [0.5, 0.6) is 0 Å². The molecule has 0 heterocycles. The van der Waals surface area contributed by atoms with Gasteiger partial charge in [0.25, 0.3) is 0 Å². The minimum absolute atomic E-state index is 0.0637. The molecular weight excluding hydrogens is 250 g/mol. The van der Waals surface area contributed by atoms with Gasteiger partial charge in [0.1, 0.15) is 0 Å². The second-order valence-corrected chi connectivity index (χ2v) is 6.23. The topological polar surface area (TPSA) is 49.3 Å². The Morgan fingerprint density at radius 1 is 1.10 bits per heavy atom. The van der Waals surface area contributed by atoms with Gasteiger partial charge in [-0.05, 0) is 31.2 Å². The molecule has 20 heavy (non-hydrogen) atoms. The minimum atomic E-state index is -0.381. The molecule has 3 nitrogen and oxygen atoms in total. The van der Waals surface area contributed by atoms with Gasteiger partial charge in [0.05, 0.1) is 17.6 Å². The molecule has 0 aromatic heterocycles. The molecule has 0 aliphatic heterocycles. The van der Waals surface area contributed by atoms with E-state index >= 15 is 0 Å². The summed E-state index contributed by atoms with van der Waals surface area (Å²) in [6.45, 7) is 0. The highest BCUT2D eigenvalue weighted by molar-refractivity contribution is 5.91. The molecule has 2 unspecified atom stereocenters. The van der Waals surface area contributed by atoms with E-state index in [1.165, 1.54) is 0 Å². The Kier molecular flexibility index (Phi) is 3.79. The Balaban J connectivity index is 1.70. The summed E-state index contributed by atoms with van der Waals surface area (Å²) in [6.07, 6.45) is 6.50. The average Bonchev–Trinajstić information content (AvgIpc) is 3.28. The Morgan fingerprint density at radius 3 is 2.50 bits per heavy atom. The highest BCUT2D eigenvalue weighted by Crippen LogP contribution is 2.48. The summed E-state index contributed by atoms with van der Waals surface area (Å²) in [5.41, 5.74) is 0.786. The number of hydrogen-bond acceptors (Lipinski definition) is 2. The van der Waals surface area contributed by atoms with Gasteiger partial charge in [0.15, 0.2) is 0 Å². The first-order valence-electron chi connectivity index (χ1n) is 7.77. The SMILES string of the molecule is O=C(NC1CCCCCC1O)C1(c2ccccc2)CC1. The maximum absolute atomic E-state index is 12.6. The van der Waals surface area contributed by atoms with Gasteiger partial charge in [-0.3, -0.25) is 4.79 Å². The lowest BCUT2D eigenvalue weighted by Crippen LogP contribution is -2.46. The fraction of sp³-hybridized carbons (Fsp3) is 0.588. The second-order valence-electron chi connectivity index (χ2n) is 6.23. The van der Waals surface area contributed by atoms with Crippen molar-refractivity contribution in [3.05, 3.63) is 35.9 Å². The third-order valence-electron chi connectivity index (χ3n) is 4.81. The number of carbonyl (C=O) groups excluding carboxylic acids is 1. The van der Waals surface area contributed by atoms with E-state index in [1.54, 1.807) is 0 Å². The lowest BCUT2D eigenvalue weighted by atomic mass is 9.94. The van der Waals surface area contributed by atoms with Gasteiger partial charge in [0, 0.05) is 0 Å². The van der Waals surface area contributed by atoms with Crippen molar-refractivity contribution in [2.24, 2.45) is 0 Å². The van der Waals surface area contributed by atoms with Crippen LogP contribution in [0.1, 0.15) is 50.5 Å². The third kappa shape index (κ3) is 2.59. The molecule has 3 heteroatoms. The predicted octanol–water partition coefficient (Wildman–Crippen LogP) is 2.53. The Labute approximate surface area is 120 Å². The van der Waals surface area contributed by atoms with Crippen molar-refractivity contribution in [1.29, 1.82) is 0 Å². The summed E-state index contributed by atoms with van der Waals surface area (Å²) in [4.78, 5) is 12.6. The minimum Gasteiger partial charge on any atom is -0.391 e. The molecule has 1 aromatic rings. The molecule has 2 aliphatic carbocycles. The molecule has 3 rings (SSSR count). The quantitative estimate of drug-likeness (QED) is 0.831. The van der Waals surface area contributed by atoms with E-state index < -0.39 is 0 Å². The first-order valence-corrected chi connectivity index (χ1v) is 7.77. The summed E-state index contributed by atoms with van der Waals surface area (Å²) in [7, 11) is 0. The number of hydrogen-bond donors (Lipinski definition) is 2. The van der Waals surface area contributed by atoms with Crippen molar-refractivity contribution in [3.63, 3.8) is 0 Å². The highest BCUT2D eigenvalue weighted by Gasteiger charge is 2.51. The van der Waals surface area contributed by atoms with Crippen LogP contribution in [0.15, 0.2) is 30.3 Å². The zero-order valence-corrected chi connectivity index (χ0v) is 11.8. The Hall–Kier alpha value is -1.35. The molecule has 2 fully saturated rings. The molecule has 0 saturated heterocycles. The van der Waals surface area contributed by atoms with Crippen LogP contribution in [0, 0.1) is 0 Å². The van der Waals surface area contributed by atoms with Crippen molar-refractivity contribution in [2.75, 3.05) is 0 Å². The fourth-order valence-corrected chi connectivity index (χ4v) is 3.29.